The number of aromatic amines is 2. The lowest BCUT2D eigenvalue weighted by molar-refractivity contribution is -0.124. The van der Waals surface area contributed by atoms with Gasteiger partial charge in [-0.1, -0.05) is 54.6 Å². The molecule has 5 aromatic rings. The van der Waals surface area contributed by atoms with Crippen molar-refractivity contribution in [1.29, 1.82) is 0 Å². The number of carbonyl (C=O) groups is 1. The molecule has 0 spiro atoms. The van der Waals surface area contributed by atoms with Crippen LogP contribution in [0.1, 0.15) is 40.3 Å². The number of hydroxylamine groups is 1. The number of nitrogens with one attached hydrogen (secondary N) is 3. The van der Waals surface area contributed by atoms with Gasteiger partial charge in [0.15, 0.2) is 0 Å². The van der Waals surface area contributed by atoms with E-state index in [1.165, 1.54) is 50.1 Å². The van der Waals surface area contributed by atoms with Gasteiger partial charge < -0.3 is 9.97 Å². The van der Waals surface area contributed by atoms with Crippen LogP contribution in [0.2, 0.25) is 0 Å². The molecule has 1 unspecified atom stereocenters. The summed E-state index contributed by atoms with van der Waals surface area (Å²) in [7, 11) is 0. The van der Waals surface area contributed by atoms with Gasteiger partial charge in [-0.2, -0.15) is 0 Å². The maximum absolute atomic E-state index is 11.4. The van der Waals surface area contributed by atoms with Gasteiger partial charge in [0, 0.05) is 54.0 Å². The lowest BCUT2D eigenvalue weighted by Crippen LogP contribution is -2.29. The molecule has 6 rings (SSSR count). The number of carbonyl (C=O) groups excluding carboxylic acids is 1. The molecule has 1 atom stereocenters. The van der Waals surface area contributed by atoms with E-state index in [1.54, 1.807) is 11.6 Å². The van der Waals surface area contributed by atoms with E-state index < -0.39 is 5.91 Å². The first-order chi connectivity index (χ1) is 18.2. The molecule has 0 bridgehead atoms. The van der Waals surface area contributed by atoms with Crippen molar-refractivity contribution in [3.05, 3.63) is 113 Å². The zero-order valence-electron chi connectivity index (χ0n) is 20.6. The Balaban J connectivity index is 1.30. The zero-order chi connectivity index (χ0) is 25.2. The Labute approximate surface area is 215 Å². The molecule has 6 heteroatoms. The van der Waals surface area contributed by atoms with Gasteiger partial charge in [0.05, 0.1) is 0 Å². The summed E-state index contributed by atoms with van der Waals surface area (Å²) >= 11 is 0. The van der Waals surface area contributed by atoms with E-state index in [2.05, 4.69) is 87.8 Å². The molecule has 3 aromatic carbocycles. The zero-order valence-corrected chi connectivity index (χ0v) is 20.6. The highest BCUT2D eigenvalue weighted by atomic mass is 16.5. The molecule has 0 fully saturated rings. The Hall–Kier alpha value is -4.13. The highest BCUT2D eigenvalue weighted by molar-refractivity contribution is 5.90. The van der Waals surface area contributed by atoms with Crippen molar-refractivity contribution >= 4 is 33.8 Å². The van der Waals surface area contributed by atoms with Gasteiger partial charge >= 0.3 is 0 Å². The number of rotatable bonds is 8. The molecule has 2 aromatic heterocycles. The van der Waals surface area contributed by atoms with Crippen molar-refractivity contribution in [2.45, 2.75) is 31.8 Å². The number of hydrogen-bond donors (Lipinski definition) is 4. The molecule has 37 heavy (non-hydrogen) atoms. The van der Waals surface area contributed by atoms with Gasteiger partial charge in [0.2, 0.25) is 0 Å². The van der Waals surface area contributed by atoms with Crippen LogP contribution >= 0.6 is 0 Å². The van der Waals surface area contributed by atoms with Crippen LogP contribution in [0.5, 0.6) is 0 Å². The van der Waals surface area contributed by atoms with Gasteiger partial charge in [-0.05, 0) is 70.7 Å². The van der Waals surface area contributed by atoms with E-state index in [1.807, 2.05) is 6.20 Å². The summed E-state index contributed by atoms with van der Waals surface area (Å²) in [4.78, 5) is 20.9. The lowest BCUT2D eigenvalue weighted by Gasteiger charge is -2.30. The fraction of sp³-hybridized carbons (Fsp3) is 0.194. The van der Waals surface area contributed by atoms with Crippen molar-refractivity contribution in [3.8, 4) is 0 Å². The summed E-state index contributed by atoms with van der Waals surface area (Å²) in [6.45, 7) is 1.81. The minimum atomic E-state index is -0.527. The van der Waals surface area contributed by atoms with E-state index in [0.29, 0.717) is 6.04 Å². The second kappa shape index (κ2) is 10.1. The van der Waals surface area contributed by atoms with Gasteiger partial charge in [0.1, 0.15) is 0 Å². The largest absolute Gasteiger partial charge is 0.361 e. The lowest BCUT2D eigenvalue weighted by atomic mass is 10.0. The van der Waals surface area contributed by atoms with Crippen molar-refractivity contribution < 1.29 is 10.0 Å². The molecular weight excluding hydrogens is 460 g/mol. The summed E-state index contributed by atoms with van der Waals surface area (Å²) in [5.41, 5.74) is 10.3. The molecule has 2 heterocycles. The first-order valence-electron chi connectivity index (χ1n) is 12.8. The van der Waals surface area contributed by atoms with Crippen LogP contribution in [0.3, 0.4) is 0 Å². The molecule has 6 nitrogen and oxygen atoms in total. The predicted molar refractivity (Wildman–Crippen MR) is 147 cm³/mol. The topological polar surface area (TPSA) is 84.2 Å². The fourth-order valence-electron chi connectivity index (χ4n) is 5.75. The van der Waals surface area contributed by atoms with Crippen molar-refractivity contribution in [1.82, 2.24) is 20.3 Å². The third kappa shape index (κ3) is 4.69. The van der Waals surface area contributed by atoms with E-state index in [-0.39, 0.29) is 0 Å². The van der Waals surface area contributed by atoms with Crippen molar-refractivity contribution in [2.75, 3.05) is 6.54 Å². The molecule has 186 valence electrons. The van der Waals surface area contributed by atoms with Crippen LogP contribution in [0.4, 0.5) is 0 Å². The van der Waals surface area contributed by atoms with E-state index in [9.17, 15) is 4.79 Å². The maximum atomic E-state index is 11.4. The summed E-state index contributed by atoms with van der Waals surface area (Å²) in [5, 5.41) is 11.3. The Morgan fingerprint density at radius 3 is 2.89 bits per heavy atom. The van der Waals surface area contributed by atoms with Crippen molar-refractivity contribution in [2.24, 2.45) is 0 Å². The number of nitrogens with zero attached hydrogens (tertiary/aromatic N) is 1. The fourth-order valence-corrected chi connectivity index (χ4v) is 5.75. The quantitative estimate of drug-likeness (QED) is 0.124. The number of benzene rings is 3. The summed E-state index contributed by atoms with van der Waals surface area (Å²) in [5.74, 6) is -0.527. The molecule has 1 amide bonds. The monoisotopic (exact) mass is 490 g/mol. The Bertz CT molecular complexity index is 1600. The third-order valence-corrected chi connectivity index (χ3v) is 7.58. The van der Waals surface area contributed by atoms with Crippen LogP contribution in [-0.4, -0.2) is 32.5 Å². The SMILES string of the molecule is O=C(C=Cc1ccc2c(c1)CCC2N(CCc1c[nH]c2ccccc12)Cc1cccc2cc[nH]c12)NO. The van der Waals surface area contributed by atoms with E-state index in [4.69, 9.17) is 5.21 Å². The summed E-state index contributed by atoms with van der Waals surface area (Å²) < 4.78 is 0. The molecule has 4 N–H and O–H groups in total. The van der Waals surface area contributed by atoms with Crippen LogP contribution in [0.25, 0.3) is 27.9 Å². The van der Waals surface area contributed by atoms with E-state index >= 15 is 0 Å². The van der Waals surface area contributed by atoms with Gasteiger partial charge in [-0.25, -0.2) is 5.48 Å². The number of aromatic nitrogens is 2. The van der Waals surface area contributed by atoms with Gasteiger partial charge in [0.25, 0.3) is 5.91 Å². The van der Waals surface area contributed by atoms with Crippen molar-refractivity contribution in [3.63, 3.8) is 0 Å². The smallest absolute Gasteiger partial charge is 0.267 e. The second-order valence-electron chi connectivity index (χ2n) is 9.76. The summed E-state index contributed by atoms with van der Waals surface area (Å²) in [6.07, 6.45) is 10.3. The number of para-hydroxylation sites is 2. The van der Waals surface area contributed by atoms with Gasteiger partial charge in [-0.15, -0.1) is 0 Å². The summed E-state index contributed by atoms with van der Waals surface area (Å²) in [6, 6.07) is 23.9. The highest BCUT2D eigenvalue weighted by Gasteiger charge is 2.28. The second-order valence-corrected chi connectivity index (χ2v) is 9.76. The first kappa shape index (κ1) is 23.3. The minimum absolute atomic E-state index is 0.323. The molecule has 0 radical (unpaired) electrons. The molecule has 1 aliphatic carbocycles. The Morgan fingerprint density at radius 1 is 1.05 bits per heavy atom. The van der Waals surface area contributed by atoms with E-state index in [0.717, 1.165) is 37.9 Å². The van der Waals surface area contributed by atoms with Crippen LogP contribution < -0.4 is 5.48 Å². The first-order valence-corrected chi connectivity index (χ1v) is 12.8. The Morgan fingerprint density at radius 2 is 1.97 bits per heavy atom. The minimum Gasteiger partial charge on any atom is -0.361 e. The Kier molecular flexibility index (Phi) is 6.35. The number of fused-ring (bicyclic) bond motifs is 3. The number of amides is 1. The highest BCUT2D eigenvalue weighted by Crippen LogP contribution is 2.38. The number of hydrogen-bond acceptors (Lipinski definition) is 3. The van der Waals surface area contributed by atoms with Crippen LogP contribution in [0, 0.1) is 0 Å². The number of H-pyrrole nitrogens is 2. The molecule has 0 saturated carbocycles. The van der Waals surface area contributed by atoms with Crippen LogP contribution in [0.15, 0.2) is 85.2 Å². The number of aryl methyl sites for hydroxylation is 1. The average molecular weight is 491 g/mol. The normalized spacial score (nSPS) is 15.2. The van der Waals surface area contributed by atoms with Crippen LogP contribution in [-0.2, 0) is 24.2 Å². The predicted octanol–water partition coefficient (Wildman–Crippen LogP) is 5.90. The molecular formula is C31H30N4O2. The van der Waals surface area contributed by atoms with Gasteiger partial charge in [-0.3, -0.25) is 14.9 Å². The average Bonchev–Trinajstić information content (AvgIpc) is 3.68. The molecule has 1 aliphatic rings. The molecule has 0 saturated heterocycles. The third-order valence-electron chi connectivity index (χ3n) is 7.58. The molecule has 0 aliphatic heterocycles. The standard InChI is InChI=1S/C31H30N4O2/c36-30(34-37)13-9-21-8-11-27-23(18-21)10-12-29(27)35(20-25-5-3-4-22-14-16-32-31(22)25)17-15-24-19-33-28-7-2-1-6-26(24)28/h1-9,11,13-14,16,18-19,29,32-33,37H,10,12,15,17,20H2,(H,34,36). The maximum Gasteiger partial charge on any atom is 0.267 e.